The van der Waals surface area contributed by atoms with Gasteiger partial charge in [0, 0.05) is 13.1 Å². The van der Waals surface area contributed by atoms with Gasteiger partial charge in [-0.2, -0.15) is 0 Å². The second kappa shape index (κ2) is 4.08. The molecule has 2 atom stereocenters. The summed E-state index contributed by atoms with van der Waals surface area (Å²) in [6, 6.07) is 0. The molecule has 2 N–H and O–H groups in total. The van der Waals surface area contributed by atoms with E-state index in [1.54, 1.807) is 0 Å². The van der Waals surface area contributed by atoms with E-state index < -0.39 is 0 Å². The van der Waals surface area contributed by atoms with Crippen LogP contribution in [0.1, 0.15) is 24.3 Å². The summed E-state index contributed by atoms with van der Waals surface area (Å²) in [5, 5.41) is 0. The Labute approximate surface area is 94.7 Å². The largest absolute Gasteiger partial charge is 0.382 e. The van der Waals surface area contributed by atoms with Crippen LogP contribution in [0, 0.1) is 11.8 Å². The van der Waals surface area contributed by atoms with Gasteiger partial charge in [-0.05, 0) is 11.8 Å². The first-order chi connectivity index (χ1) is 7.58. The Hall–Kier alpha value is -1.65. The van der Waals surface area contributed by atoms with Crippen LogP contribution in [0.5, 0.6) is 0 Å². The second-order valence-electron chi connectivity index (χ2n) is 4.49. The number of carbonyl (C=O) groups excluding carboxylic acids is 1. The summed E-state index contributed by atoms with van der Waals surface area (Å²) < 4.78 is 0. The average molecular weight is 220 g/mol. The lowest BCUT2D eigenvalue weighted by molar-refractivity contribution is 0.0779. The number of aromatic nitrogens is 2. The summed E-state index contributed by atoms with van der Waals surface area (Å²) in [4.78, 5) is 21.7. The third-order valence-electron chi connectivity index (χ3n) is 3.15. The standard InChI is InChI=1S/C11H16N4O/c1-7-5-15(6-8(7)2)11(16)9-3-13-4-10(12)14-9/h3-4,7-8H,5-6H2,1-2H3,(H2,12,14). The topological polar surface area (TPSA) is 72.1 Å². The van der Waals surface area contributed by atoms with Crippen molar-refractivity contribution in [3.63, 3.8) is 0 Å². The van der Waals surface area contributed by atoms with E-state index in [-0.39, 0.29) is 11.7 Å². The number of anilines is 1. The lowest BCUT2D eigenvalue weighted by atomic mass is 10.0. The first-order valence-electron chi connectivity index (χ1n) is 5.44. The minimum absolute atomic E-state index is 0.0731. The minimum Gasteiger partial charge on any atom is -0.382 e. The SMILES string of the molecule is CC1CN(C(=O)c2cncc(N)n2)CC1C. The van der Waals surface area contributed by atoms with Crippen molar-refractivity contribution >= 4 is 11.7 Å². The summed E-state index contributed by atoms with van der Waals surface area (Å²) in [5.41, 5.74) is 5.84. The minimum atomic E-state index is -0.0731. The number of amides is 1. The molecule has 2 rings (SSSR count). The van der Waals surface area contributed by atoms with Crippen LogP contribution < -0.4 is 5.73 Å². The highest BCUT2D eigenvalue weighted by Gasteiger charge is 2.30. The molecule has 5 heteroatoms. The molecule has 1 aliphatic rings. The van der Waals surface area contributed by atoms with Gasteiger partial charge in [-0.3, -0.25) is 9.78 Å². The molecule has 2 unspecified atom stereocenters. The molecule has 0 aromatic carbocycles. The van der Waals surface area contributed by atoms with Crippen LogP contribution in [0.25, 0.3) is 0 Å². The van der Waals surface area contributed by atoms with Gasteiger partial charge in [0.25, 0.3) is 5.91 Å². The summed E-state index contributed by atoms with van der Waals surface area (Å²) in [6.07, 6.45) is 2.90. The van der Waals surface area contributed by atoms with Crippen LogP contribution in [0.3, 0.4) is 0 Å². The van der Waals surface area contributed by atoms with Gasteiger partial charge in [0.05, 0.1) is 12.4 Å². The first kappa shape index (κ1) is 10.9. The number of likely N-dealkylation sites (tertiary alicyclic amines) is 1. The normalized spacial score (nSPS) is 24.8. The quantitative estimate of drug-likeness (QED) is 0.759. The van der Waals surface area contributed by atoms with Gasteiger partial charge in [0.2, 0.25) is 0 Å². The number of nitrogens with two attached hydrogens (primary N) is 1. The number of carbonyl (C=O) groups is 1. The summed E-state index contributed by atoms with van der Waals surface area (Å²) in [5.74, 6) is 1.29. The van der Waals surface area contributed by atoms with Crippen molar-refractivity contribution in [2.75, 3.05) is 18.8 Å². The molecule has 2 heterocycles. The highest BCUT2D eigenvalue weighted by molar-refractivity contribution is 5.92. The van der Waals surface area contributed by atoms with Gasteiger partial charge in [-0.15, -0.1) is 0 Å². The average Bonchev–Trinajstić information content (AvgIpc) is 2.58. The maximum atomic E-state index is 12.1. The predicted molar refractivity (Wildman–Crippen MR) is 60.7 cm³/mol. The molecular weight excluding hydrogens is 204 g/mol. The number of nitrogens with zero attached hydrogens (tertiary/aromatic N) is 3. The summed E-state index contributed by atoms with van der Waals surface area (Å²) in [7, 11) is 0. The van der Waals surface area contributed by atoms with Gasteiger partial charge in [-0.25, -0.2) is 4.98 Å². The highest BCUT2D eigenvalue weighted by Crippen LogP contribution is 2.23. The van der Waals surface area contributed by atoms with Gasteiger partial charge in [0.15, 0.2) is 0 Å². The van der Waals surface area contributed by atoms with Crippen molar-refractivity contribution in [1.82, 2.24) is 14.9 Å². The third kappa shape index (κ3) is 1.98. The van der Waals surface area contributed by atoms with Crippen molar-refractivity contribution in [3.8, 4) is 0 Å². The molecule has 86 valence electrons. The Kier molecular flexibility index (Phi) is 2.77. The lowest BCUT2D eigenvalue weighted by Crippen LogP contribution is -2.29. The molecule has 0 spiro atoms. The van der Waals surface area contributed by atoms with Crippen molar-refractivity contribution < 1.29 is 4.79 Å². The number of hydrogen-bond acceptors (Lipinski definition) is 4. The molecule has 1 fully saturated rings. The molecule has 1 aromatic rings. The molecule has 0 aliphatic carbocycles. The summed E-state index contributed by atoms with van der Waals surface area (Å²) in [6.45, 7) is 5.89. The van der Waals surface area contributed by atoms with E-state index in [2.05, 4.69) is 23.8 Å². The third-order valence-corrected chi connectivity index (χ3v) is 3.15. The molecule has 0 radical (unpaired) electrons. The lowest BCUT2D eigenvalue weighted by Gasteiger charge is -2.15. The monoisotopic (exact) mass is 220 g/mol. The van der Waals surface area contributed by atoms with Gasteiger partial charge in [-0.1, -0.05) is 13.8 Å². The summed E-state index contributed by atoms with van der Waals surface area (Å²) >= 11 is 0. The Balaban J connectivity index is 2.14. The first-order valence-corrected chi connectivity index (χ1v) is 5.44. The van der Waals surface area contributed by atoms with E-state index in [1.807, 2.05) is 4.90 Å². The molecule has 1 saturated heterocycles. The van der Waals surface area contributed by atoms with Gasteiger partial charge >= 0.3 is 0 Å². The highest BCUT2D eigenvalue weighted by atomic mass is 16.2. The molecule has 16 heavy (non-hydrogen) atoms. The molecule has 1 aromatic heterocycles. The van der Waals surface area contributed by atoms with Crippen LogP contribution >= 0.6 is 0 Å². The Morgan fingerprint density at radius 3 is 2.56 bits per heavy atom. The van der Waals surface area contributed by atoms with Crippen molar-refractivity contribution in [2.45, 2.75) is 13.8 Å². The molecule has 1 amide bonds. The fourth-order valence-electron chi connectivity index (χ4n) is 1.94. The van der Waals surface area contributed by atoms with Crippen LogP contribution in [0.2, 0.25) is 0 Å². The van der Waals surface area contributed by atoms with Gasteiger partial charge in [0.1, 0.15) is 11.5 Å². The maximum absolute atomic E-state index is 12.1. The van der Waals surface area contributed by atoms with E-state index >= 15 is 0 Å². The fraction of sp³-hybridized carbons (Fsp3) is 0.545. The van der Waals surface area contributed by atoms with E-state index in [4.69, 9.17) is 5.73 Å². The Bertz CT molecular complexity index is 397. The van der Waals surface area contributed by atoms with Crippen LogP contribution in [-0.2, 0) is 0 Å². The molecule has 5 nitrogen and oxygen atoms in total. The zero-order valence-corrected chi connectivity index (χ0v) is 9.55. The van der Waals surface area contributed by atoms with E-state index in [0.29, 0.717) is 17.5 Å². The smallest absolute Gasteiger partial charge is 0.274 e. The molecule has 1 aliphatic heterocycles. The molecule has 0 bridgehead atoms. The Morgan fingerprint density at radius 1 is 1.38 bits per heavy atom. The van der Waals surface area contributed by atoms with Crippen molar-refractivity contribution in [1.29, 1.82) is 0 Å². The van der Waals surface area contributed by atoms with Crippen molar-refractivity contribution in [3.05, 3.63) is 18.1 Å². The van der Waals surface area contributed by atoms with E-state index in [9.17, 15) is 4.79 Å². The van der Waals surface area contributed by atoms with Gasteiger partial charge < -0.3 is 10.6 Å². The number of hydrogen-bond donors (Lipinski definition) is 1. The van der Waals surface area contributed by atoms with E-state index in [0.717, 1.165) is 13.1 Å². The zero-order valence-electron chi connectivity index (χ0n) is 9.55. The predicted octanol–water partition coefficient (Wildman–Crippen LogP) is 0.787. The van der Waals surface area contributed by atoms with Crippen LogP contribution in [-0.4, -0.2) is 33.9 Å². The van der Waals surface area contributed by atoms with Crippen LogP contribution in [0.4, 0.5) is 5.82 Å². The second-order valence-corrected chi connectivity index (χ2v) is 4.49. The number of rotatable bonds is 1. The maximum Gasteiger partial charge on any atom is 0.274 e. The molecule has 0 saturated carbocycles. The zero-order chi connectivity index (χ0) is 11.7. The fourth-order valence-corrected chi connectivity index (χ4v) is 1.94. The Morgan fingerprint density at radius 2 is 2.00 bits per heavy atom. The number of nitrogen functional groups attached to an aromatic ring is 1. The molecular formula is C11H16N4O. The van der Waals surface area contributed by atoms with E-state index in [1.165, 1.54) is 12.4 Å². The van der Waals surface area contributed by atoms with Crippen LogP contribution in [0.15, 0.2) is 12.4 Å². The van der Waals surface area contributed by atoms with Crippen molar-refractivity contribution in [2.24, 2.45) is 11.8 Å².